The second kappa shape index (κ2) is 8.36. The van der Waals surface area contributed by atoms with Crippen LogP contribution in [0.15, 0.2) is 24.3 Å². The van der Waals surface area contributed by atoms with Gasteiger partial charge in [0.05, 0.1) is 0 Å². The van der Waals surface area contributed by atoms with Crippen molar-refractivity contribution < 1.29 is 0 Å². The van der Waals surface area contributed by atoms with Gasteiger partial charge in [-0.1, -0.05) is 52.7 Å². The Morgan fingerprint density at radius 3 is 2.47 bits per heavy atom. The van der Waals surface area contributed by atoms with E-state index in [4.69, 9.17) is 11.6 Å². The van der Waals surface area contributed by atoms with Gasteiger partial charge in [-0.05, 0) is 41.5 Å². The highest BCUT2D eigenvalue weighted by Crippen LogP contribution is 2.09. The average Bonchev–Trinajstić information content (AvgIpc) is 2.26. The van der Waals surface area contributed by atoms with E-state index < -0.39 is 0 Å². The molecule has 0 aliphatic rings. The van der Waals surface area contributed by atoms with Crippen LogP contribution < -0.4 is 5.32 Å². The summed E-state index contributed by atoms with van der Waals surface area (Å²) in [5, 5.41) is 4.24. The van der Waals surface area contributed by atoms with Gasteiger partial charge in [0.25, 0.3) is 0 Å². The van der Waals surface area contributed by atoms with Crippen LogP contribution in [0.1, 0.15) is 24.8 Å². The molecule has 0 heterocycles. The van der Waals surface area contributed by atoms with Gasteiger partial charge >= 0.3 is 0 Å². The van der Waals surface area contributed by atoms with Crippen LogP contribution in [0.3, 0.4) is 0 Å². The van der Waals surface area contributed by atoms with Gasteiger partial charge in [-0.15, -0.1) is 0 Å². The van der Waals surface area contributed by atoms with Gasteiger partial charge in [-0.3, -0.25) is 0 Å². The first-order chi connectivity index (χ1) is 7.33. The van der Waals surface area contributed by atoms with Crippen molar-refractivity contribution in [2.24, 2.45) is 0 Å². The third-order valence-electron chi connectivity index (χ3n) is 2.23. The van der Waals surface area contributed by atoms with Crippen molar-refractivity contribution in [3.05, 3.63) is 34.9 Å². The zero-order chi connectivity index (χ0) is 10.9. The summed E-state index contributed by atoms with van der Waals surface area (Å²) in [5.74, 6) is 0. The summed E-state index contributed by atoms with van der Waals surface area (Å²) >= 11 is 8.24. The van der Waals surface area contributed by atoms with Crippen LogP contribution in [0, 0.1) is 0 Å². The zero-order valence-corrected chi connectivity index (χ0v) is 11.7. The Morgan fingerprint density at radius 1 is 1.07 bits per heavy atom. The number of nitrogens with one attached hydrogen (secondary N) is 1. The van der Waals surface area contributed by atoms with E-state index in [0.29, 0.717) is 0 Å². The highest BCUT2D eigenvalue weighted by molar-refractivity contribution is 14.1. The Balaban J connectivity index is 2.07. The molecule has 0 fully saturated rings. The first kappa shape index (κ1) is 13.3. The lowest BCUT2D eigenvalue weighted by Gasteiger charge is -2.04. The Bertz CT molecular complexity index is 261. The predicted molar refractivity (Wildman–Crippen MR) is 75.9 cm³/mol. The lowest BCUT2D eigenvalue weighted by Crippen LogP contribution is -2.14. The summed E-state index contributed by atoms with van der Waals surface area (Å²) in [4.78, 5) is 0. The summed E-state index contributed by atoms with van der Waals surface area (Å²) in [6.07, 6.45) is 3.94. The Hall–Kier alpha value is 0.200. The normalized spacial score (nSPS) is 10.5. The standard InChI is InChI=1S/C12H17ClIN/c13-12-6-4-11(5-7-12)10-15-9-3-1-2-8-14/h4-7,15H,1-3,8-10H2. The number of halogens is 2. The minimum absolute atomic E-state index is 0.806. The van der Waals surface area contributed by atoms with Crippen molar-refractivity contribution in [3.63, 3.8) is 0 Å². The van der Waals surface area contributed by atoms with Crippen molar-refractivity contribution in [3.8, 4) is 0 Å². The number of benzene rings is 1. The molecule has 0 radical (unpaired) electrons. The van der Waals surface area contributed by atoms with E-state index in [1.54, 1.807) is 0 Å². The first-order valence-corrected chi connectivity index (χ1v) is 7.24. The highest BCUT2D eigenvalue weighted by atomic mass is 127. The Kier molecular flexibility index (Phi) is 7.40. The fraction of sp³-hybridized carbons (Fsp3) is 0.500. The predicted octanol–water partition coefficient (Wildman–Crippen LogP) is 4.03. The van der Waals surface area contributed by atoms with Crippen LogP contribution in [-0.2, 0) is 6.54 Å². The lowest BCUT2D eigenvalue weighted by atomic mass is 10.2. The summed E-state index contributed by atoms with van der Waals surface area (Å²) in [7, 11) is 0. The minimum Gasteiger partial charge on any atom is -0.313 e. The summed E-state index contributed by atoms with van der Waals surface area (Å²) in [6.45, 7) is 2.06. The minimum atomic E-state index is 0.806. The van der Waals surface area contributed by atoms with Gasteiger partial charge in [-0.2, -0.15) is 0 Å². The van der Waals surface area contributed by atoms with E-state index in [2.05, 4.69) is 40.0 Å². The molecule has 0 bridgehead atoms. The van der Waals surface area contributed by atoms with Crippen LogP contribution in [0.2, 0.25) is 5.02 Å². The van der Waals surface area contributed by atoms with Crippen LogP contribution in [0.4, 0.5) is 0 Å². The third-order valence-corrected chi connectivity index (χ3v) is 3.24. The lowest BCUT2D eigenvalue weighted by molar-refractivity contribution is 0.620. The molecule has 0 aromatic heterocycles. The number of unbranched alkanes of at least 4 members (excludes halogenated alkanes) is 2. The molecule has 1 rings (SSSR count). The molecule has 0 saturated heterocycles. The molecule has 84 valence electrons. The van der Waals surface area contributed by atoms with Gasteiger partial charge in [0, 0.05) is 11.6 Å². The van der Waals surface area contributed by atoms with E-state index in [1.165, 1.54) is 29.3 Å². The van der Waals surface area contributed by atoms with Crippen molar-refractivity contribution in [1.29, 1.82) is 0 Å². The SMILES string of the molecule is Clc1ccc(CNCCCCCI)cc1. The maximum absolute atomic E-state index is 5.81. The second-order valence-electron chi connectivity index (χ2n) is 3.55. The number of rotatable bonds is 7. The molecule has 1 aromatic carbocycles. The van der Waals surface area contributed by atoms with Gasteiger partial charge in [0.2, 0.25) is 0 Å². The van der Waals surface area contributed by atoms with E-state index in [1.807, 2.05) is 12.1 Å². The van der Waals surface area contributed by atoms with Crippen molar-refractivity contribution in [1.82, 2.24) is 5.32 Å². The third kappa shape index (κ3) is 6.38. The molecule has 1 nitrogen and oxygen atoms in total. The number of hydrogen-bond acceptors (Lipinski definition) is 1. The fourth-order valence-electron chi connectivity index (χ4n) is 1.36. The topological polar surface area (TPSA) is 12.0 Å². The molecule has 0 atom stereocenters. The number of alkyl halides is 1. The summed E-state index contributed by atoms with van der Waals surface area (Å²) in [5.41, 5.74) is 1.30. The van der Waals surface area contributed by atoms with E-state index in [0.717, 1.165) is 18.1 Å². The van der Waals surface area contributed by atoms with Crippen molar-refractivity contribution in [2.45, 2.75) is 25.8 Å². The monoisotopic (exact) mass is 337 g/mol. The van der Waals surface area contributed by atoms with Crippen LogP contribution in [0.5, 0.6) is 0 Å². The molecule has 0 aliphatic heterocycles. The molecule has 15 heavy (non-hydrogen) atoms. The zero-order valence-electron chi connectivity index (χ0n) is 8.81. The Labute approximate surface area is 111 Å². The number of hydrogen-bond donors (Lipinski definition) is 1. The van der Waals surface area contributed by atoms with E-state index in [9.17, 15) is 0 Å². The molecular formula is C12H17ClIN. The van der Waals surface area contributed by atoms with Gasteiger partial charge in [-0.25, -0.2) is 0 Å². The Morgan fingerprint density at radius 2 is 1.80 bits per heavy atom. The second-order valence-corrected chi connectivity index (χ2v) is 5.07. The summed E-state index contributed by atoms with van der Waals surface area (Å²) < 4.78 is 1.27. The maximum Gasteiger partial charge on any atom is 0.0406 e. The van der Waals surface area contributed by atoms with Gasteiger partial charge in [0.1, 0.15) is 0 Å². The molecule has 3 heteroatoms. The van der Waals surface area contributed by atoms with Crippen LogP contribution in [0.25, 0.3) is 0 Å². The van der Waals surface area contributed by atoms with E-state index in [-0.39, 0.29) is 0 Å². The molecule has 1 aromatic rings. The first-order valence-electron chi connectivity index (χ1n) is 5.34. The molecule has 0 amide bonds. The molecule has 0 saturated carbocycles. The van der Waals surface area contributed by atoms with E-state index >= 15 is 0 Å². The fourth-order valence-corrected chi connectivity index (χ4v) is 2.02. The summed E-state index contributed by atoms with van der Waals surface area (Å²) in [6, 6.07) is 8.02. The average molecular weight is 338 g/mol. The van der Waals surface area contributed by atoms with Gasteiger partial charge < -0.3 is 5.32 Å². The molecule has 1 N–H and O–H groups in total. The van der Waals surface area contributed by atoms with Gasteiger partial charge in [0.15, 0.2) is 0 Å². The van der Waals surface area contributed by atoms with Crippen molar-refractivity contribution in [2.75, 3.05) is 11.0 Å². The quantitative estimate of drug-likeness (QED) is 0.450. The molecular weight excluding hydrogens is 320 g/mol. The van der Waals surface area contributed by atoms with Crippen molar-refractivity contribution >= 4 is 34.2 Å². The molecule has 0 aliphatic carbocycles. The van der Waals surface area contributed by atoms with Crippen LogP contribution >= 0.6 is 34.2 Å². The highest BCUT2D eigenvalue weighted by Gasteiger charge is 1.93. The van der Waals surface area contributed by atoms with Crippen LogP contribution in [-0.4, -0.2) is 11.0 Å². The smallest absolute Gasteiger partial charge is 0.0406 e. The largest absolute Gasteiger partial charge is 0.313 e. The molecule has 0 unspecified atom stereocenters. The maximum atomic E-state index is 5.81. The molecule has 0 spiro atoms.